The highest BCUT2D eigenvalue weighted by atomic mass is 15.3. The van der Waals surface area contributed by atoms with Crippen LogP contribution in [0.5, 0.6) is 0 Å². The minimum absolute atomic E-state index is 0.00179. The van der Waals surface area contributed by atoms with Crippen LogP contribution in [0.25, 0.3) is 0 Å². The molecule has 0 saturated carbocycles. The highest BCUT2D eigenvalue weighted by Gasteiger charge is 2.39. The molecular weight excluding hydrogens is 247 g/mol. The van der Waals surface area contributed by atoms with Crippen LogP contribution < -0.4 is 36.0 Å². The van der Waals surface area contributed by atoms with E-state index in [4.69, 9.17) is 0 Å². The van der Waals surface area contributed by atoms with Gasteiger partial charge in [-0.2, -0.15) is 0 Å². The highest BCUT2D eigenvalue weighted by Crippen LogP contribution is 1.97. The Hall–Kier alpha value is 0.224. The fourth-order valence-corrected chi connectivity index (χ4v) is 2.22. The van der Waals surface area contributed by atoms with Gasteiger partial charge in [0.25, 0.3) is 51.7 Å². The van der Waals surface area contributed by atoms with E-state index in [9.17, 15) is 0 Å². The highest BCUT2D eigenvalue weighted by molar-refractivity contribution is 6.92. The van der Waals surface area contributed by atoms with Crippen molar-refractivity contribution in [1.82, 2.24) is 45.2 Å². The van der Waals surface area contributed by atoms with Crippen LogP contribution in [0.1, 0.15) is 0 Å². The summed E-state index contributed by atoms with van der Waals surface area (Å²) < 4.78 is 4.06. The van der Waals surface area contributed by atoms with Gasteiger partial charge in [0.1, 0.15) is 0 Å². The zero-order valence-electron chi connectivity index (χ0n) is 11.6. The Morgan fingerprint density at radius 1 is 0.750 bits per heavy atom. The molecule has 3 aliphatic heterocycles. The largest absolute Gasteiger partial charge is 0.381 e. The van der Waals surface area contributed by atoms with Crippen molar-refractivity contribution in [3.63, 3.8) is 0 Å². The van der Waals surface area contributed by atoms with Gasteiger partial charge in [-0.05, 0) is 0 Å². The van der Waals surface area contributed by atoms with E-state index >= 15 is 0 Å². The van der Waals surface area contributed by atoms with Gasteiger partial charge >= 0.3 is 14.2 Å². The molecule has 0 atom stereocenters. The number of hydrogen-bond donors (Lipinski definition) is 7. The summed E-state index contributed by atoms with van der Waals surface area (Å²) in [5.74, 6) is 0. The summed E-state index contributed by atoms with van der Waals surface area (Å²) in [6, 6.07) is 0. The first-order chi connectivity index (χ1) is 9.72. The fraction of sp³-hybridized carbons (Fsp3) is 1.00. The SMILES string of the molecule is CB1N[B]NB(N2[B]N[B]N(B3N[B]NB(C)N3)[B]2)N1. The number of nitrogens with one attached hydrogen (secondary N) is 7. The molecule has 9 nitrogen and oxygen atoms in total. The molecule has 3 saturated heterocycles. The first kappa shape index (κ1) is 15.1. The molecule has 0 aliphatic carbocycles. The maximum Gasteiger partial charge on any atom is 0.355 e. The number of rotatable bonds is 2. The second-order valence-corrected chi connectivity index (χ2v) is 4.97. The Morgan fingerprint density at radius 2 is 1.25 bits per heavy atom. The maximum absolute atomic E-state index is 3.39. The van der Waals surface area contributed by atoms with Gasteiger partial charge in [0.05, 0.1) is 0 Å². The third-order valence-corrected chi connectivity index (χ3v) is 3.27. The average Bonchev–Trinajstić information content (AvgIpc) is 2.47. The third-order valence-electron chi connectivity index (χ3n) is 3.27. The van der Waals surface area contributed by atoms with E-state index in [-0.39, 0.29) is 28.2 Å². The quantitative estimate of drug-likeness (QED) is 0.245. The molecule has 0 aromatic carbocycles. The second kappa shape index (κ2) is 6.99. The van der Waals surface area contributed by atoms with Crippen LogP contribution in [-0.4, -0.2) is 75.2 Å². The van der Waals surface area contributed by atoms with Crippen LogP contribution in [0.2, 0.25) is 13.6 Å². The minimum Gasteiger partial charge on any atom is -0.381 e. The molecule has 3 fully saturated rings. The standard InChI is InChI=1S/C2H13B9N9/c1-8-13-3-15-10(17-8)19-5-12-6-20(7-19)11-16-4-14-9(2)18-11/h12-18H,1-2H3. The lowest BCUT2D eigenvalue weighted by atomic mass is 9.53. The van der Waals surface area contributed by atoms with Gasteiger partial charge in [-0.15, -0.1) is 0 Å². The molecule has 18 heteroatoms. The molecule has 7 N–H and O–H groups in total. The van der Waals surface area contributed by atoms with E-state index in [2.05, 4.69) is 49.6 Å². The molecule has 0 aromatic rings. The summed E-state index contributed by atoms with van der Waals surface area (Å²) in [5.41, 5.74) is 0. The fourth-order valence-electron chi connectivity index (χ4n) is 2.22. The lowest BCUT2D eigenvalue weighted by Gasteiger charge is -2.43. The molecule has 0 aromatic heterocycles. The second-order valence-electron chi connectivity index (χ2n) is 4.97. The van der Waals surface area contributed by atoms with E-state index in [0.29, 0.717) is 0 Å². The Bertz CT molecular complexity index is 294. The average molecular weight is 260 g/mol. The van der Waals surface area contributed by atoms with Crippen molar-refractivity contribution >= 4 is 65.9 Å². The van der Waals surface area contributed by atoms with Crippen molar-refractivity contribution < 1.29 is 0 Å². The summed E-state index contributed by atoms with van der Waals surface area (Å²) in [6.45, 7) is 4.56. The zero-order chi connectivity index (χ0) is 13.9. The van der Waals surface area contributed by atoms with Crippen molar-refractivity contribution in [2.75, 3.05) is 0 Å². The van der Waals surface area contributed by atoms with E-state index in [0.717, 1.165) is 0 Å². The molecule has 0 bridgehead atoms. The molecule has 0 spiro atoms. The molecule has 3 heterocycles. The summed E-state index contributed by atoms with van der Waals surface area (Å²) in [7, 11) is 9.53. The van der Waals surface area contributed by atoms with Gasteiger partial charge in [0.2, 0.25) is 0 Å². The van der Waals surface area contributed by atoms with Crippen LogP contribution in [0.3, 0.4) is 0 Å². The normalized spacial score (nSPS) is 25.3. The summed E-state index contributed by atoms with van der Waals surface area (Å²) in [4.78, 5) is 0. The zero-order valence-corrected chi connectivity index (χ0v) is 11.6. The van der Waals surface area contributed by atoms with Crippen molar-refractivity contribution in [3.8, 4) is 0 Å². The molecule has 3 rings (SSSR count). The minimum atomic E-state index is -0.00179. The Balaban J connectivity index is 1.55. The predicted molar refractivity (Wildman–Crippen MR) is 89.1 cm³/mol. The smallest absolute Gasteiger partial charge is 0.355 e. The van der Waals surface area contributed by atoms with Gasteiger partial charge in [-0.25, -0.2) is 0 Å². The Labute approximate surface area is 125 Å². The van der Waals surface area contributed by atoms with Crippen LogP contribution in [0.15, 0.2) is 0 Å². The van der Waals surface area contributed by atoms with Crippen LogP contribution >= 0.6 is 0 Å². The van der Waals surface area contributed by atoms with Gasteiger partial charge < -0.3 is 45.2 Å². The predicted octanol–water partition coefficient (Wildman–Crippen LogP) is -6.36. The summed E-state index contributed by atoms with van der Waals surface area (Å²) >= 11 is 0. The first-order valence-corrected chi connectivity index (χ1v) is 6.75. The number of hydrogen-bond acceptors (Lipinski definition) is 9. The van der Waals surface area contributed by atoms with Gasteiger partial charge in [0.15, 0.2) is 0 Å². The van der Waals surface area contributed by atoms with E-state index in [1.54, 1.807) is 0 Å². The Morgan fingerprint density at radius 3 is 1.70 bits per heavy atom. The lowest BCUT2D eigenvalue weighted by molar-refractivity contribution is 0.817. The van der Waals surface area contributed by atoms with E-state index < -0.39 is 0 Å². The van der Waals surface area contributed by atoms with Crippen molar-refractivity contribution in [2.45, 2.75) is 13.6 Å². The van der Waals surface area contributed by atoms with Crippen molar-refractivity contribution in [3.05, 3.63) is 0 Å². The topological polar surface area (TPSA) is 90.7 Å². The molecule has 0 amide bonds. The Kier molecular flexibility index (Phi) is 5.29. The summed E-state index contributed by atoms with van der Waals surface area (Å²) in [5, 5.41) is 22.7. The van der Waals surface area contributed by atoms with Crippen LogP contribution in [0, 0.1) is 0 Å². The third kappa shape index (κ3) is 3.70. The molecule has 20 heavy (non-hydrogen) atoms. The van der Waals surface area contributed by atoms with Crippen molar-refractivity contribution in [1.29, 1.82) is 0 Å². The molecule has 5 radical (unpaired) electrons. The van der Waals surface area contributed by atoms with Gasteiger partial charge in [0, 0.05) is 0 Å². The first-order valence-electron chi connectivity index (χ1n) is 6.75. The van der Waals surface area contributed by atoms with Crippen LogP contribution in [0.4, 0.5) is 0 Å². The molecule has 0 unspecified atom stereocenters. The van der Waals surface area contributed by atoms with Crippen molar-refractivity contribution in [2.24, 2.45) is 0 Å². The monoisotopic (exact) mass is 262 g/mol. The molecule has 93 valence electrons. The number of nitrogens with zero attached hydrogens (tertiary/aromatic N) is 2. The van der Waals surface area contributed by atoms with E-state index in [1.807, 2.05) is 47.0 Å². The van der Waals surface area contributed by atoms with Gasteiger partial charge in [-0.3, -0.25) is 0 Å². The molecular formula is C2H13B9N9. The summed E-state index contributed by atoms with van der Waals surface area (Å²) in [6.07, 6.45) is 0. The maximum atomic E-state index is 3.39. The lowest BCUT2D eigenvalue weighted by Crippen LogP contribution is -2.83. The van der Waals surface area contributed by atoms with E-state index in [1.165, 1.54) is 0 Å². The van der Waals surface area contributed by atoms with Crippen LogP contribution in [-0.2, 0) is 0 Å². The van der Waals surface area contributed by atoms with Gasteiger partial charge in [-0.1, -0.05) is 13.6 Å². The molecule has 3 aliphatic rings.